The van der Waals surface area contributed by atoms with Gasteiger partial charge in [0.2, 0.25) is 6.79 Å². The van der Waals surface area contributed by atoms with Crippen LogP contribution in [0.5, 0.6) is 11.5 Å². The van der Waals surface area contributed by atoms with Gasteiger partial charge >= 0.3 is 0 Å². The first-order valence-corrected chi connectivity index (χ1v) is 8.67. The monoisotopic (exact) mass is 385 g/mol. The van der Waals surface area contributed by atoms with Crippen molar-refractivity contribution in [2.75, 3.05) is 12.1 Å². The van der Waals surface area contributed by atoms with Crippen LogP contribution in [0.4, 0.5) is 10.1 Å². The topological polar surface area (TPSA) is 71.6 Å². The van der Waals surface area contributed by atoms with Crippen molar-refractivity contribution in [1.29, 1.82) is 0 Å². The van der Waals surface area contributed by atoms with Gasteiger partial charge in [-0.15, -0.1) is 0 Å². The van der Waals surface area contributed by atoms with Crippen molar-refractivity contribution >= 4 is 28.9 Å². The molecule has 2 aromatic rings. The Balaban J connectivity index is 1.71. The summed E-state index contributed by atoms with van der Waals surface area (Å²) in [6, 6.07) is 10.6. The number of thiocarbonyl (C=S) groups is 1. The minimum Gasteiger partial charge on any atom is -0.454 e. The molecule has 4 rings (SSSR count). The number of carbonyl (C=O) groups excluding carboxylic acids is 1. The van der Waals surface area contributed by atoms with Gasteiger partial charge in [-0.05, 0) is 49.5 Å². The SMILES string of the molecule is CC1=C(C(=O)Nc2ccc(F)cc2)C(c2cccc3c2OCO3)NC(=S)N1. The van der Waals surface area contributed by atoms with Crippen LogP contribution in [-0.4, -0.2) is 17.8 Å². The number of nitrogens with one attached hydrogen (secondary N) is 3. The minimum absolute atomic E-state index is 0.127. The van der Waals surface area contributed by atoms with Crippen molar-refractivity contribution in [3.05, 3.63) is 65.1 Å². The number of hydrogen-bond acceptors (Lipinski definition) is 4. The molecule has 0 spiro atoms. The summed E-state index contributed by atoms with van der Waals surface area (Å²) in [4.78, 5) is 13.0. The fourth-order valence-corrected chi connectivity index (χ4v) is 3.41. The number of ether oxygens (including phenoxy) is 2. The predicted octanol–water partition coefficient (Wildman–Crippen LogP) is 2.99. The standard InChI is InChI=1S/C19H16FN3O3S/c1-10-15(18(24)22-12-7-5-11(20)6-8-12)16(23-19(27)21-10)13-3-2-4-14-17(13)26-9-25-14/h2-8,16H,9H2,1H3,(H,22,24)(H2,21,23,27). The third-order valence-corrected chi connectivity index (χ3v) is 4.57. The molecule has 2 aliphatic heterocycles. The Labute approximate surface area is 160 Å². The number of halogens is 1. The molecule has 1 unspecified atom stereocenters. The predicted molar refractivity (Wildman–Crippen MR) is 102 cm³/mol. The molecule has 2 heterocycles. The summed E-state index contributed by atoms with van der Waals surface area (Å²) < 4.78 is 24.1. The van der Waals surface area contributed by atoms with Crippen LogP contribution in [0.25, 0.3) is 0 Å². The van der Waals surface area contributed by atoms with Gasteiger partial charge in [0.15, 0.2) is 16.6 Å². The summed E-state index contributed by atoms with van der Waals surface area (Å²) >= 11 is 5.27. The van der Waals surface area contributed by atoms with Crippen LogP contribution in [0.2, 0.25) is 0 Å². The van der Waals surface area contributed by atoms with Crippen LogP contribution in [0.1, 0.15) is 18.5 Å². The second-order valence-electron chi connectivity index (χ2n) is 6.11. The summed E-state index contributed by atoms with van der Waals surface area (Å²) in [6.45, 7) is 1.90. The lowest BCUT2D eigenvalue weighted by Gasteiger charge is -2.30. The molecular formula is C19H16FN3O3S. The average molecular weight is 385 g/mol. The van der Waals surface area contributed by atoms with Gasteiger partial charge in [-0.3, -0.25) is 4.79 Å². The maximum Gasteiger partial charge on any atom is 0.255 e. The fraction of sp³-hybridized carbons (Fsp3) is 0.158. The van der Waals surface area contributed by atoms with E-state index in [1.54, 1.807) is 13.0 Å². The molecule has 1 amide bonds. The summed E-state index contributed by atoms with van der Waals surface area (Å²) in [5.41, 5.74) is 2.32. The molecule has 0 bridgehead atoms. The zero-order chi connectivity index (χ0) is 19.0. The number of carbonyl (C=O) groups is 1. The van der Waals surface area contributed by atoms with Crippen molar-refractivity contribution < 1.29 is 18.7 Å². The van der Waals surface area contributed by atoms with Crippen molar-refractivity contribution in [1.82, 2.24) is 10.6 Å². The van der Waals surface area contributed by atoms with Gasteiger partial charge in [-0.1, -0.05) is 12.1 Å². The minimum atomic E-state index is -0.518. The van der Waals surface area contributed by atoms with E-state index in [-0.39, 0.29) is 18.5 Å². The number of fused-ring (bicyclic) bond motifs is 1. The normalized spacial score (nSPS) is 18.0. The maximum absolute atomic E-state index is 13.1. The zero-order valence-electron chi connectivity index (χ0n) is 14.3. The Kier molecular flexibility index (Phi) is 4.41. The van der Waals surface area contributed by atoms with E-state index in [0.717, 1.165) is 5.56 Å². The Morgan fingerprint density at radius 2 is 2.00 bits per heavy atom. The number of hydrogen-bond donors (Lipinski definition) is 3. The molecule has 2 aliphatic rings. The summed E-state index contributed by atoms with van der Waals surface area (Å²) in [7, 11) is 0. The Morgan fingerprint density at radius 3 is 2.78 bits per heavy atom. The number of amides is 1. The quantitative estimate of drug-likeness (QED) is 0.706. The highest BCUT2D eigenvalue weighted by molar-refractivity contribution is 7.80. The van der Waals surface area contributed by atoms with Crippen LogP contribution in [-0.2, 0) is 4.79 Å². The molecule has 27 heavy (non-hydrogen) atoms. The van der Waals surface area contributed by atoms with Crippen molar-refractivity contribution in [3.63, 3.8) is 0 Å². The molecule has 0 aromatic heterocycles. The molecule has 6 nitrogen and oxygen atoms in total. The van der Waals surface area contributed by atoms with Gasteiger partial charge < -0.3 is 25.4 Å². The van der Waals surface area contributed by atoms with E-state index in [1.165, 1.54) is 24.3 Å². The lowest BCUT2D eigenvalue weighted by molar-refractivity contribution is -0.113. The third kappa shape index (κ3) is 3.31. The van der Waals surface area contributed by atoms with E-state index in [1.807, 2.05) is 12.1 Å². The number of para-hydroxylation sites is 1. The van der Waals surface area contributed by atoms with Crippen molar-refractivity contribution in [2.24, 2.45) is 0 Å². The molecule has 1 atom stereocenters. The highest BCUT2D eigenvalue weighted by Gasteiger charge is 2.33. The number of rotatable bonds is 3. The number of benzene rings is 2. The first-order valence-electron chi connectivity index (χ1n) is 8.26. The van der Waals surface area contributed by atoms with Gasteiger partial charge in [0, 0.05) is 16.9 Å². The Bertz CT molecular complexity index is 959. The summed E-state index contributed by atoms with van der Waals surface area (Å²) in [6.07, 6.45) is 0. The van der Waals surface area contributed by atoms with Gasteiger partial charge in [-0.2, -0.15) is 0 Å². The fourth-order valence-electron chi connectivity index (χ4n) is 3.14. The number of allylic oxidation sites excluding steroid dienone is 1. The molecular weight excluding hydrogens is 369 g/mol. The molecule has 2 aromatic carbocycles. The van der Waals surface area contributed by atoms with Crippen LogP contribution >= 0.6 is 12.2 Å². The largest absolute Gasteiger partial charge is 0.454 e. The molecule has 0 fully saturated rings. The van der Waals surface area contributed by atoms with E-state index in [4.69, 9.17) is 21.7 Å². The second kappa shape index (κ2) is 6.88. The second-order valence-corrected chi connectivity index (χ2v) is 6.52. The molecule has 3 N–H and O–H groups in total. The Morgan fingerprint density at radius 1 is 1.22 bits per heavy atom. The van der Waals surface area contributed by atoms with E-state index in [0.29, 0.717) is 33.6 Å². The summed E-state index contributed by atoms with van der Waals surface area (Å²) in [5.74, 6) is 0.502. The number of anilines is 1. The highest BCUT2D eigenvalue weighted by atomic mass is 32.1. The van der Waals surface area contributed by atoms with Crippen LogP contribution in [0, 0.1) is 5.82 Å². The van der Waals surface area contributed by atoms with Gasteiger partial charge in [0.1, 0.15) is 5.82 Å². The molecule has 8 heteroatoms. The molecule has 138 valence electrons. The first-order chi connectivity index (χ1) is 13.0. The van der Waals surface area contributed by atoms with Crippen LogP contribution < -0.4 is 25.4 Å². The molecule has 0 radical (unpaired) electrons. The molecule has 0 saturated carbocycles. The molecule has 0 aliphatic carbocycles. The first kappa shape index (κ1) is 17.3. The maximum atomic E-state index is 13.1. The third-order valence-electron chi connectivity index (χ3n) is 4.35. The molecule has 0 saturated heterocycles. The van der Waals surface area contributed by atoms with E-state index >= 15 is 0 Å². The lowest BCUT2D eigenvalue weighted by atomic mass is 9.94. The van der Waals surface area contributed by atoms with Crippen LogP contribution in [0.3, 0.4) is 0 Å². The van der Waals surface area contributed by atoms with Gasteiger partial charge in [-0.25, -0.2) is 4.39 Å². The zero-order valence-corrected chi connectivity index (χ0v) is 15.2. The van der Waals surface area contributed by atoms with E-state index in [9.17, 15) is 9.18 Å². The van der Waals surface area contributed by atoms with E-state index < -0.39 is 6.04 Å². The lowest BCUT2D eigenvalue weighted by Crippen LogP contribution is -2.45. The van der Waals surface area contributed by atoms with Crippen molar-refractivity contribution in [3.8, 4) is 11.5 Å². The Hall–Kier alpha value is -3.13. The van der Waals surface area contributed by atoms with Gasteiger partial charge in [0.25, 0.3) is 5.91 Å². The van der Waals surface area contributed by atoms with E-state index in [2.05, 4.69) is 16.0 Å². The highest BCUT2D eigenvalue weighted by Crippen LogP contribution is 2.41. The van der Waals surface area contributed by atoms with Gasteiger partial charge in [0.05, 0.1) is 11.6 Å². The summed E-state index contributed by atoms with van der Waals surface area (Å²) in [5, 5.41) is 9.31. The van der Waals surface area contributed by atoms with Crippen molar-refractivity contribution in [2.45, 2.75) is 13.0 Å². The average Bonchev–Trinajstić information content (AvgIpc) is 3.11. The smallest absolute Gasteiger partial charge is 0.255 e. The van der Waals surface area contributed by atoms with Crippen LogP contribution in [0.15, 0.2) is 53.7 Å².